The molecule has 0 aliphatic rings. The van der Waals surface area contributed by atoms with Gasteiger partial charge in [0.25, 0.3) is 0 Å². The van der Waals surface area contributed by atoms with E-state index in [-0.39, 0.29) is 17.5 Å². The summed E-state index contributed by atoms with van der Waals surface area (Å²) in [6, 6.07) is 12.5. The Morgan fingerprint density at radius 1 is 1.14 bits per heavy atom. The normalized spacial score (nSPS) is 11.8. The van der Waals surface area contributed by atoms with Gasteiger partial charge in [0.05, 0.1) is 10.9 Å². The van der Waals surface area contributed by atoms with Gasteiger partial charge in [-0.1, -0.05) is 23.9 Å². The Labute approximate surface area is 165 Å². The summed E-state index contributed by atoms with van der Waals surface area (Å²) in [4.78, 5) is 24.2. The molecule has 0 aliphatic carbocycles. The summed E-state index contributed by atoms with van der Waals surface area (Å²) < 4.78 is 14.3. The van der Waals surface area contributed by atoms with Gasteiger partial charge in [-0.05, 0) is 50.2 Å². The van der Waals surface area contributed by atoms with Crippen molar-refractivity contribution in [1.29, 1.82) is 0 Å². The number of halogens is 1. The van der Waals surface area contributed by atoms with Crippen LogP contribution in [0.4, 0.5) is 10.1 Å². The first-order valence-corrected chi connectivity index (χ1v) is 9.28. The Hall–Kier alpha value is -3.20. The van der Waals surface area contributed by atoms with Gasteiger partial charge in [-0.25, -0.2) is 9.07 Å². The highest BCUT2D eigenvalue weighted by atomic mass is 32.2. The fourth-order valence-electron chi connectivity index (χ4n) is 2.50. The Bertz CT molecular complexity index is 1020. The van der Waals surface area contributed by atoms with Crippen molar-refractivity contribution in [3.05, 3.63) is 59.9 Å². The average Bonchev–Trinajstić information content (AvgIpc) is 3.03. The second-order valence-electron chi connectivity index (χ2n) is 6.03. The summed E-state index contributed by atoms with van der Waals surface area (Å²) in [6.45, 7) is 3.14. The third-order valence-corrected chi connectivity index (χ3v) is 5.04. The van der Waals surface area contributed by atoms with Crippen LogP contribution in [0.2, 0.25) is 0 Å². The number of ketones is 1. The van der Waals surface area contributed by atoms with E-state index in [0.29, 0.717) is 27.8 Å². The Morgan fingerprint density at radius 3 is 2.50 bits per heavy atom. The lowest BCUT2D eigenvalue weighted by molar-refractivity contribution is -0.115. The van der Waals surface area contributed by atoms with Crippen molar-refractivity contribution >= 4 is 29.1 Å². The molecule has 9 heteroatoms. The number of hydrogen-bond donors (Lipinski definition) is 2. The van der Waals surface area contributed by atoms with E-state index in [0.717, 1.165) is 11.8 Å². The topological polar surface area (TPSA) is 103 Å². The lowest BCUT2D eigenvalue weighted by Gasteiger charge is -2.13. The highest BCUT2D eigenvalue weighted by Gasteiger charge is 2.21. The van der Waals surface area contributed by atoms with Crippen LogP contribution < -0.4 is 11.2 Å². The van der Waals surface area contributed by atoms with Crippen molar-refractivity contribution in [2.24, 2.45) is 0 Å². The molecule has 2 aromatic carbocycles. The van der Waals surface area contributed by atoms with Gasteiger partial charge in [0.2, 0.25) is 11.1 Å². The van der Waals surface area contributed by atoms with Gasteiger partial charge in [-0.3, -0.25) is 9.59 Å². The number of nitrogen functional groups attached to an aromatic ring is 1. The first kappa shape index (κ1) is 19.6. The van der Waals surface area contributed by atoms with Crippen LogP contribution in [0.3, 0.4) is 0 Å². The molecule has 0 unspecified atom stereocenters. The standard InChI is InChI=1S/C19H18FN5O2S/c1-11(26)15-5-3-4-6-16(15)22-18(27)12(2)28-19-24-23-17(25(19)21)13-7-9-14(20)10-8-13/h3-10,12H,21H2,1-2H3,(H,22,27)/t12-/m0/s1. The molecule has 0 saturated heterocycles. The number of thioether (sulfide) groups is 1. The maximum absolute atomic E-state index is 13.1. The third kappa shape index (κ3) is 4.20. The number of aromatic nitrogens is 3. The fourth-order valence-corrected chi connectivity index (χ4v) is 3.27. The molecule has 3 rings (SSSR count). The largest absolute Gasteiger partial charge is 0.335 e. The lowest BCUT2D eigenvalue weighted by Crippen LogP contribution is -2.24. The van der Waals surface area contributed by atoms with Gasteiger partial charge in [0.1, 0.15) is 5.82 Å². The summed E-state index contributed by atoms with van der Waals surface area (Å²) >= 11 is 1.12. The molecular weight excluding hydrogens is 381 g/mol. The zero-order valence-electron chi connectivity index (χ0n) is 15.2. The van der Waals surface area contributed by atoms with Gasteiger partial charge in [-0.2, -0.15) is 0 Å². The van der Waals surface area contributed by atoms with Crippen molar-refractivity contribution in [3.8, 4) is 11.4 Å². The number of anilines is 1. The Balaban J connectivity index is 1.73. The van der Waals surface area contributed by atoms with E-state index in [4.69, 9.17) is 5.84 Å². The van der Waals surface area contributed by atoms with Crippen LogP contribution >= 0.6 is 11.8 Å². The Kier molecular flexibility index (Phi) is 5.74. The van der Waals surface area contributed by atoms with Crippen LogP contribution in [-0.4, -0.2) is 31.8 Å². The average molecular weight is 399 g/mol. The van der Waals surface area contributed by atoms with E-state index >= 15 is 0 Å². The second-order valence-corrected chi connectivity index (χ2v) is 7.34. The number of nitrogens with two attached hydrogens (primary N) is 1. The minimum Gasteiger partial charge on any atom is -0.335 e. The van der Waals surface area contributed by atoms with Gasteiger partial charge < -0.3 is 11.2 Å². The van der Waals surface area contributed by atoms with E-state index in [2.05, 4.69) is 15.5 Å². The predicted molar refractivity (Wildman–Crippen MR) is 106 cm³/mol. The molecule has 1 aromatic heterocycles. The highest BCUT2D eigenvalue weighted by molar-refractivity contribution is 8.00. The first-order chi connectivity index (χ1) is 13.4. The number of amides is 1. The number of benzene rings is 2. The summed E-state index contributed by atoms with van der Waals surface area (Å²) in [6.07, 6.45) is 0. The number of Topliss-reactive ketones (excluding diaryl/α,β-unsaturated/α-hetero) is 1. The molecule has 7 nitrogen and oxygen atoms in total. The lowest BCUT2D eigenvalue weighted by atomic mass is 10.1. The molecule has 0 bridgehead atoms. The summed E-state index contributed by atoms with van der Waals surface area (Å²) in [5.41, 5.74) is 1.50. The number of carbonyl (C=O) groups is 2. The van der Waals surface area contributed by atoms with Crippen LogP contribution in [0.1, 0.15) is 24.2 Å². The van der Waals surface area contributed by atoms with Crippen LogP contribution in [0.15, 0.2) is 53.7 Å². The number of para-hydroxylation sites is 1. The molecule has 0 aliphatic heterocycles. The molecule has 28 heavy (non-hydrogen) atoms. The molecule has 3 aromatic rings. The van der Waals surface area contributed by atoms with E-state index in [1.165, 1.54) is 23.7 Å². The molecule has 1 amide bonds. The minimum absolute atomic E-state index is 0.137. The van der Waals surface area contributed by atoms with Gasteiger partial charge in [0, 0.05) is 11.1 Å². The molecule has 3 N–H and O–H groups in total. The molecule has 1 atom stereocenters. The molecule has 0 radical (unpaired) electrons. The zero-order chi connectivity index (χ0) is 20.3. The minimum atomic E-state index is -0.549. The van der Waals surface area contributed by atoms with Crippen molar-refractivity contribution in [1.82, 2.24) is 14.9 Å². The number of nitrogens with zero attached hydrogens (tertiary/aromatic N) is 3. The van der Waals surface area contributed by atoms with Crippen LogP contribution in [-0.2, 0) is 4.79 Å². The summed E-state index contributed by atoms with van der Waals surface area (Å²) in [7, 11) is 0. The molecular formula is C19H18FN5O2S. The zero-order valence-corrected chi connectivity index (χ0v) is 16.0. The molecule has 0 saturated carbocycles. The van der Waals surface area contributed by atoms with Gasteiger partial charge in [-0.15, -0.1) is 10.2 Å². The maximum atomic E-state index is 13.1. The quantitative estimate of drug-likeness (QED) is 0.375. The highest BCUT2D eigenvalue weighted by Crippen LogP contribution is 2.26. The van der Waals surface area contributed by atoms with Gasteiger partial charge >= 0.3 is 0 Å². The molecule has 0 spiro atoms. The predicted octanol–water partition coefficient (Wildman–Crippen LogP) is 3.12. The number of nitrogens with one attached hydrogen (secondary N) is 1. The SMILES string of the molecule is CC(=O)c1ccccc1NC(=O)[C@H](C)Sc1nnc(-c2ccc(F)cc2)n1N. The van der Waals surface area contributed by atoms with E-state index in [9.17, 15) is 14.0 Å². The first-order valence-electron chi connectivity index (χ1n) is 8.40. The Morgan fingerprint density at radius 2 is 1.82 bits per heavy atom. The monoisotopic (exact) mass is 399 g/mol. The fraction of sp³-hybridized carbons (Fsp3) is 0.158. The van der Waals surface area contributed by atoms with E-state index in [1.807, 2.05) is 0 Å². The van der Waals surface area contributed by atoms with Crippen LogP contribution in [0, 0.1) is 5.82 Å². The van der Waals surface area contributed by atoms with E-state index in [1.54, 1.807) is 43.3 Å². The number of carbonyl (C=O) groups excluding carboxylic acids is 2. The van der Waals surface area contributed by atoms with Crippen LogP contribution in [0.25, 0.3) is 11.4 Å². The molecule has 0 fully saturated rings. The number of rotatable bonds is 6. The van der Waals surface area contributed by atoms with E-state index < -0.39 is 5.25 Å². The van der Waals surface area contributed by atoms with Crippen molar-refractivity contribution in [3.63, 3.8) is 0 Å². The maximum Gasteiger partial charge on any atom is 0.237 e. The smallest absolute Gasteiger partial charge is 0.237 e. The molecule has 1 heterocycles. The van der Waals surface area contributed by atoms with Gasteiger partial charge in [0.15, 0.2) is 11.6 Å². The van der Waals surface area contributed by atoms with Crippen molar-refractivity contribution in [2.45, 2.75) is 24.3 Å². The summed E-state index contributed by atoms with van der Waals surface area (Å²) in [5, 5.41) is 10.6. The summed E-state index contributed by atoms with van der Waals surface area (Å²) in [5.74, 6) is 5.60. The van der Waals surface area contributed by atoms with Crippen molar-refractivity contribution in [2.75, 3.05) is 11.2 Å². The third-order valence-electron chi connectivity index (χ3n) is 3.98. The number of hydrogen-bond acceptors (Lipinski definition) is 6. The van der Waals surface area contributed by atoms with Crippen LogP contribution in [0.5, 0.6) is 0 Å². The molecule has 144 valence electrons. The van der Waals surface area contributed by atoms with Crippen molar-refractivity contribution < 1.29 is 14.0 Å². The second kappa shape index (κ2) is 8.22.